The molecule has 0 bridgehead atoms. The standard InChI is InChI=1S/C8H19N2/c1-4-10(3)6-5-9-7-8(10)2/h8-9H,4-7H2,1-3H3/q+1. The maximum absolute atomic E-state index is 3.41. The zero-order valence-electron chi connectivity index (χ0n) is 7.35. The van der Waals surface area contributed by atoms with Crippen molar-refractivity contribution in [2.45, 2.75) is 19.9 Å². The highest BCUT2D eigenvalue weighted by Crippen LogP contribution is 2.11. The van der Waals surface area contributed by atoms with E-state index in [9.17, 15) is 0 Å². The molecule has 0 radical (unpaired) electrons. The number of hydrogen-bond acceptors (Lipinski definition) is 1. The van der Waals surface area contributed by atoms with Gasteiger partial charge in [0, 0.05) is 13.1 Å². The van der Waals surface area contributed by atoms with Crippen LogP contribution in [0.2, 0.25) is 0 Å². The number of likely N-dealkylation sites (N-methyl/N-ethyl adjacent to an activating group) is 1. The first kappa shape index (κ1) is 8.02. The molecule has 2 unspecified atom stereocenters. The summed E-state index contributed by atoms with van der Waals surface area (Å²) in [6.45, 7) is 9.54. The average molecular weight is 143 g/mol. The second-order valence-corrected chi connectivity index (χ2v) is 3.57. The average Bonchev–Trinajstić information content (AvgIpc) is 1.96. The molecule has 0 spiro atoms. The van der Waals surface area contributed by atoms with Crippen LogP contribution in [0.1, 0.15) is 13.8 Å². The van der Waals surface area contributed by atoms with Crippen LogP contribution in [0, 0.1) is 0 Å². The molecule has 1 N–H and O–H groups in total. The maximum Gasteiger partial charge on any atom is 0.0986 e. The lowest BCUT2D eigenvalue weighted by Crippen LogP contribution is -2.61. The van der Waals surface area contributed by atoms with E-state index < -0.39 is 0 Å². The number of hydrogen-bond donors (Lipinski definition) is 1. The van der Waals surface area contributed by atoms with Crippen molar-refractivity contribution < 1.29 is 4.48 Å². The summed E-state index contributed by atoms with van der Waals surface area (Å²) >= 11 is 0. The van der Waals surface area contributed by atoms with Gasteiger partial charge in [0.15, 0.2) is 0 Å². The number of nitrogens with one attached hydrogen (secondary N) is 1. The van der Waals surface area contributed by atoms with Crippen LogP contribution in [0.4, 0.5) is 0 Å². The topological polar surface area (TPSA) is 12.0 Å². The summed E-state index contributed by atoms with van der Waals surface area (Å²) in [5, 5.41) is 3.41. The van der Waals surface area contributed by atoms with Crippen molar-refractivity contribution in [1.29, 1.82) is 0 Å². The molecule has 0 aromatic carbocycles. The van der Waals surface area contributed by atoms with Gasteiger partial charge < -0.3 is 9.80 Å². The van der Waals surface area contributed by atoms with Crippen molar-refractivity contribution >= 4 is 0 Å². The Labute approximate surface area is 63.8 Å². The van der Waals surface area contributed by atoms with Crippen molar-refractivity contribution in [3.05, 3.63) is 0 Å². The Morgan fingerprint density at radius 2 is 2.30 bits per heavy atom. The van der Waals surface area contributed by atoms with Gasteiger partial charge in [-0.1, -0.05) is 0 Å². The van der Waals surface area contributed by atoms with E-state index in [4.69, 9.17) is 0 Å². The smallest absolute Gasteiger partial charge is 0.0986 e. The van der Waals surface area contributed by atoms with Crippen LogP contribution >= 0.6 is 0 Å². The van der Waals surface area contributed by atoms with Crippen molar-refractivity contribution in [2.75, 3.05) is 33.2 Å². The van der Waals surface area contributed by atoms with Gasteiger partial charge >= 0.3 is 0 Å². The molecule has 0 aliphatic carbocycles. The van der Waals surface area contributed by atoms with E-state index in [0.29, 0.717) is 0 Å². The zero-order chi connectivity index (χ0) is 7.61. The summed E-state index contributed by atoms with van der Waals surface area (Å²) in [7, 11) is 2.35. The van der Waals surface area contributed by atoms with E-state index in [0.717, 1.165) is 6.04 Å². The molecule has 10 heavy (non-hydrogen) atoms. The molecule has 60 valence electrons. The van der Waals surface area contributed by atoms with E-state index in [-0.39, 0.29) is 0 Å². The lowest BCUT2D eigenvalue weighted by Gasteiger charge is -2.42. The van der Waals surface area contributed by atoms with Crippen LogP contribution in [0.5, 0.6) is 0 Å². The molecule has 0 aromatic heterocycles. The lowest BCUT2D eigenvalue weighted by molar-refractivity contribution is -0.931. The minimum atomic E-state index is 0.791. The van der Waals surface area contributed by atoms with Crippen molar-refractivity contribution in [3.63, 3.8) is 0 Å². The van der Waals surface area contributed by atoms with Crippen molar-refractivity contribution in [1.82, 2.24) is 5.32 Å². The minimum Gasteiger partial charge on any atom is -0.322 e. The Bertz CT molecular complexity index is 114. The first-order chi connectivity index (χ1) is 4.69. The van der Waals surface area contributed by atoms with Crippen LogP contribution in [-0.2, 0) is 0 Å². The van der Waals surface area contributed by atoms with Gasteiger partial charge in [-0.25, -0.2) is 0 Å². The third kappa shape index (κ3) is 1.32. The third-order valence-corrected chi connectivity index (χ3v) is 3.03. The van der Waals surface area contributed by atoms with Crippen LogP contribution in [0.25, 0.3) is 0 Å². The van der Waals surface area contributed by atoms with Gasteiger partial charge in [0.1, 0.15) is 0 Å². The zero-order valence-corrected chi connectivity index (χ0v) is 7.35. The van der Waals surface area contributed by atoms with Crippen LogP contribution in [0.3, 0.4) is 0 Å². The third-order valence-electron chi connectivity index (χ3n) is 3.03. The molecule has 1 aliphatic heterocycles. The summed E-state index contributed by atoms with van der Waals surface area (Å²) in [6.07, 6.45) is 0. The van der Waals surface area contributed by atoms with Crippen molar-refractivity contribution in [2.24, 2.45) is 0 Å². The van der Waals surface area contributed by atoms with Gasteiger partial charge in [-0.05, 0) is 13.8 Å². The summed E-state index contributed by atoms with van der Waals surface area (Å²) in [4.78, 5) is 0. The predicted octanol–water partition coefficient (Wildman–Crippen LogP) is 0.445. The van der Waals surface area contributed by atoms with Gasteiger partial charge in [-0.2, -0.15) is 0 Å². The largest absolute Gasteiger partial charge is 0.322 e. The van der Waals surface area contributed by atoms with E-state index in [1.54, 1.807) is 0 Å². The van der Waals surface area contributed by atoms with E-state index in [1.165, 1.54) is 30.7 Å². The molecule has 1 aliphatic rings. The highest BCUT2D eigenvalue weighted by molar-refractivity contribution is 4.63. The molecule has 1 fully saturated rings. The Morgan fingerprint density at radius 3 is 2.70 bits per heavy atom. The minimum absolute atomic E-state index is 0.791. The fourth-order valence-corrected chi connectivity index (χ4v) is 1.56. The number of quaternary nitrogens is 1. The lowest BCUT2D eigenvalue weighted by atomic mass is 10.2. The predicted molar refractivity (Wildman–Crippen MR) is 43.9 cm³/mol. The molecule has 1 rings (SSSR count). The molecular weight excluding hydrogens is 124 g/mol. The first-order valence-corrected chi connectivity index (χ1v) is 4.24. The van der Waals surface area contributed by atoms with Gasteiger partial charge in [0.05, 0.1) is 26.2 Å². The van der Waals surface area contributed by atoms with Gasteiger partial charge in [0.25, 0.3) is 0 Å². The number of rotatable bonds is 1. The van der Waals surface area contributed by atoms with Crippen LogP contribution in [-0.4, -0.2) is 43.8 Å². The molecule has 0 aromatic rings. The van der Waals surface area contributed by atoms with E-state index in [1.807, 2.05) is 0 Å². The van der Waals surface area contributed by atoms with Gasteiger partial charge in [0.2, 0.25) is 0 Å². The Morgan fingerprint density at radius 1 is 1.60 bits per heavy atom. The number of nitrogens with zero attached hydrogens (tertiary/aromatic N) is 1. The summed E-state index contributed by atoms with van der Waals surface area (Å²) in [6, 6.07) is 0.791. The summed E-state index contributed by atoms with van der Waals surface area (Å²) in [5.41, 5.74) is 0. The molecule has 2 nitrogen and oxygen atoms in total. The van der Waals surface area contributed by atoms with Crippen LogP contribution in [0.15, 0.2) is 0 Å². The molecule has 2 heteroatoms. The molecule has 0 saturated carbocycles. The molecule has 2 atom stereocenters. The number of piperazine rings is 1. The second kappa shape index (κ2) is 2.89. The summed E-state index contributed by atoms with van der Waals surface area (Å²) < 4.78 is 1.24. The van der Waals surface area contributed by atoms with Crippen LogP contribution < -0.4 is 5.32 Å². The maximum atomic E-state index is 3.41. The summed E-state index contributed by atoms with van der Waals surface area (Å²) in [5.74, 6) is 0. The Balaban J connectivity index is 2.54. The molecular formula is C8H19N2+. The fourth-order valence-electron chi connectivity index (χ4n) is 1.56. The molecule has 1 heterocycles. The normalized spacial score (nSPS) is 41.7. The Kier molecular flexibility index (Phi) is 2.32. The first-order valence-electron chi connectivity index (χ1n) is 4.24. The van der Waals surface area contributed by atoms with E-state index in [2.05, 4.69) is 26.2 Å². The van der Waals surface area contributed by atoms with Gasteiger partial charge in [-0.15, -0.1) is 0 Å². The molecule has 1 saturated heterocycles. The highest BCUT2D eigenvalue weighted by Gasteiger charge is 2.29. The van der Waals surface area contributed by atoms with E-state index >= 15 is 0 Å². The SMILES string of the molecule is CC[N+]1(C)CCNCC1C. The molecule has 0 amide bonds. The quantitative estimate of drug-likeness (QED) is 0.525. The van der Waals surface area contributed by atoms with Gasteiger partial charge in [-0.3, -0.25) is 0 Å². The Hall–Kier alpha value is -0.0800. The second-order valence-electron chi connectivity index (χ2n) is 3.57. The van der Waals surface area contributed by atoms with Crippen molar-refractivity contribution in [3.8, 4) is 0 Å². The fraction of sp³-hybridized carbons (Fsp3) is 1.00. The monoisotopic (exact) mass is 143 g/mol. The highest BCUT2D eigenvalue weighted by atomic mass is 15.4.